The van der Waals surface area contributed by atoms with E-state index < -0.39 is 11.9 Å². The first-order valence-corrected chi connectivity index (χ1v) is 8.14. The summed E-state index contributed by atoms with van der Waals surface area (Å²) in [6, 6.07) is 17.2. The summed E-state index contributed by atoms with van der Waals surface area (Å²) in [4.78, 5) is 4.47. The molecule has 4 rings (SSSR count). The van der Waals surface area contributed by atoms with E-state index in [-0.39, 0.29) is 11.2 Å². The normalized spacial score (nSPS) is 11.7. The molecule has 0 fully saturated rings. The van der Waals surface area contributed by atoms with Gasteiger partial charge in [-0.1, -0.05) is 30.3 Å². The molecule has 0 bridgehead atoms. The number of hydrogen-bond donors (Lipinski definition) is 0. The number of rotatable bonds is 3. The van der Waals surface area contributed by atoms with E-state index in [0.717, 1.165) is 10.1 Å². The van der Waals surface area contributed by atoms with Crippen LogP contribution in [-0.4, -0.2) is 21.7 Å². The SMILES string of the molecule is COc1ccc(-c2ccn3nc(C(F)(F)F)c(-c4ccccc4)c3n2)cc1. The van der Waals surface area contributed by atoms with E-state index in [4.69, 9.17) is 4.74 Å². The quantitative estimate of drug-likeness (QED) is 0.505. The second-order valence-electron chi connectivity index (χ2n) is 5.90. The van der Waals surface area contributed by atoms with Crippen molar-refractivity contribution in [1.82, 2.24) is 14.6 Å². The number of fused-ring (bicyclic) bond motifs is 1. The molecule has 0 aliphatic heterocycles. The zero-order valence-electron chi connectivity index (χ0n) is 14.2. The number of aromatic nitrogens is 3. The van der Waals surface area contributed by atoms with E-state index in [1.165, 1.54) is 6.20 Å². The Bertz CT molecular complexity index is 1090. The lowest BCUT2D eigenvalue weighted by atomic mass is 10.1. The number of hydrogen-bond acceptors (Lipinski definition) is 3. The first kappa shape index (κ1) is 17.1. The lowest BCUT2D eigenvalue weighted by Gasteiger charge is -2.07. The third kappa shape index (κ3) is 3.12. The summed E-state index contributed by atoms with van der Waals surface area (Å²) in [6.45, 7) is 0. The smallest absolute Gasteiger partial charge is 0.435 e. The zero-order valence-corrected chi connectivity index (χ0v) is 14.2. The van der Waals surface area contributed by atoms with E-state index in [9.17, 15) is 13.2 Å². The van der Waals surface area contributed by atoms with Crippen LogP contribution in [0.25, 0.3) is 28.0 Å². The van der Waals surface area contributed by atoms with Gasteiger partial charge in [-0.3, -0.25) is 0 Å². The van der Waals surface area contributed by atoms with Crippen LogP contribution < -0.4 is 4.74 Å². The molecule has 0 aliphatic rings. The molecule has 0 aliphatic carbocycles. The van der Waals surface area contributed by atoms with Crippen LogP contribution in [0.2, 0.25) is 0 Å². The van der Waals surface area contributed by atoms with Gasteiger partial charge in [0.2, 0.25) is 0 Å². The van der Waals surface area contributed by atoms with Gasteiger partial charge in [-0.25, -0.2) is 9.50 Å². The molecule has 0 spiro atoms. The molecule has 7 heteroatoms. The lowest BCUT2D eigenvalue weighted by Crippen LogP contribution is -2.07. The maximum absolute atomic E-state index is 13.6. The average molecular weight is 369 g/mol. The molecule has 4 nitrogen and oxygen atoms in total. The van der Waals surface area contributed by atoms with Crippen LogP contribution in [-0.2, 0) is 6.18 Å². The molecule has 27 heavy (non-hydrogen) atoms. The zero-order chi connectivity index (χ0) is 19.0. The highest BCUT2D eigenvalue weighted by atomic mass is 19.4. The molecule has 0 radical (unpaired) electrons. The predicted molar refractivity (Wildman–Crippen MR) is 95.4 cm³/mol. The van der Waals surface area contributed by atoms with Gasteiger partial charge in [-0.15, -0.1) is 0 Å². The van der Waals surface area contributed by atoms with Gasteiger partial charge in [0.05, 0.1) is 18.4 Å². The largest absolute Gasteiger partial charge is 0.497 e. The molecule has 0 atom stereocenters. The Morgan fingerprint density at radius 2 is 1.59 bits per heavy atom. The van der Waals surface area contributed by atoms with Gasteiger partial charge < -0.3 is 4.74 Å². The fourth-order valence-electron chi connectivity index (χ4n) is 2.92. The summed E-state index contributed by atoms with van der Waals surface area (Å²) >= 11 is 0. The van der Waals surface area contributed by atoms with Crippen LogP contribution in [0.5, 0.6) is 5.75 Å². The van der Waals surface area contributed by atoms with Gasteiger partial charge in [0.15, 0.2) is 11.3 Å². The molecule has 0 saturated carbocycles. The summed E-state index contributed by atoms with van der Waals surface area (Å²) in [6.07, 6.45) is -3.09. The molecule has 0 amide bonds. The van der Waals surface area contributed by atoms with Gasteiger partial charge in [0, 0.05) is 11.8 Å². The van der Waals surface area contributed by atoms with Crippen molar-refractivity contribution in [2.24, 2.45) is 0 Å². The molecule has 0 saturated heterocycles. The van der Waals surface area contributed by atoms with Crippen molar-refractivity contribution in [2.45, 2.75) is 6.18 Å². The van der Waals surface area contributed by atoms with Crippen LogP contribution in [0.3, 0.4) is 0 Å². The van der Waals surface area contributed by atoms with Gasteiger partial charge in [0.1, 0.15) is 5.75 Å². The fourth-order valence-corrected chi connectivity index (χ4v) is 2.92. The van der Waals surface area contributed by atoms with E-state index >= 15 is 0 Å². The van der Waals surface area contributed by atoms with Crippen LogP contribution in [0.4, 0.5) is 13.2 Å². The van der Waals surface area contributed by atoms with Crippen molar-refractivity contribution in [2.75, 3.05) is 7.11 Å². The molecule has 4 aromatic rings. The Hall–Kier alpha value is -3.35. The number of nitrogens with zero attached hydrogens (tertiary/aromatic N) is 3. The molecule has 2 aromatic carbocycles. The number of benzene rings is 2. The van der Waals surface area contributed by atoms with E-state index in [0.29, 0.717) is 17.0 Å². The van der Waals surface area contributed by atoms with Crippen molar-refractivity contribution in [3.63, 3.8) is 0 Å². The lowest BCUT2D eigenvalue weighted by molar-refractivity contribution is -0.140. The Balaban J connectivity index is 1.94. The maximum atomic E-state index is 13.6. The first-order valence-electron chi connectivity index (χ1n) is 8.14. The van der Waals surface area contributed by atoms with Crippen molar-refractivity contribution in [3.05, 3.63) is 72.6 Å². The predicted octanol–water partition coefficient (Wildman–Crippen LogP) is 5.09. The third-order valence-electron chi connectivity index (χ3n) is 4.20. The Labute approximate surface area is 152 Å². The van der Waals surface area contributed by atoms with Crippen molar-refractivity contribution < 1.29 is 17.9 Å². The standard InChI is InChI=1S/C20H14F3N3O/c1-27-15-9-7-13(8-10-15)16-11-12-26-19(24-16)17(14-5-3-2-4-6-14)18(25-26)20(21,22)23/h2-12H,1H3. The molecule has 2 aromatic heterocycles. The molecule has 0 unspecified atom stereocenters. The van der Waals surface area contributed by atoms with Gasteiger partial charge >= 0.3 is 6.18 Å². The second-order valence-corrected chi connectivity index (χ2v) is 5.90. The fraction of sp³-hybridized carbons (Fsp3) is 0.100. The van der Waals surface area contributed by atoms with Crippen LogP contribution in [0.1, 0.15) is 5.69 Å². The van der Waals surface area contributed by atoms with Gasteiger partial charge in [0.25, 0.3) is 0 Å². The monoisotopic (exact) mass is 369 g/mol. The number of ether oxygens (including phenoxy) is 1. The highest BCUT2D eigenvalue weighted by Crippen LogP contribution is 2.38. The summed E-state index contributed by atoms with van der Waals surface area (Å²) in [5.41, 5.74) is 0.913. The molecule has 136 valence electrons. The summed E-state index contributed by atoms with van der Waals surface area (Å²) in [5, 5.41) is 3.73. The highest BCUT2D eigenvalue weighted by Gasteiger charge is 2.39. The van der Waals surface area contributed by atoms with Gasteiger partial charge in [-0.05, 0) is 35.9 Å². The van der Waals surface area contributed by atoms with Gasteiger partial charge in [-0.2, -0.15) is 18.3 Å². The Morgan fingerprint density at radius 1 is 0.889 bits per heavy atom. The van der Waals surface area contributed by atoms with E-state index in [2.05, 4.69) is 10.1 Å². The topological polar surface area (TPSA) is 39.4 Å². The van der Waals surface area contributed by atoms with Crippen LogP contribution in [0.15, 0.2) is 66.9 Å². The number of methoxy groups -OCH3 is 1. The minimum absolute atomic E-state index is 0.0292. The van der Waals surface area contributed by atoms with Crippen LogP contribution in [0, 0.1) is 0 Å². The second kappa shape index (κ2) is 6.42. The van der Waals surface area contributed by atoms with Crippen molar-refractivity contribution in [1.29, 1.82) is 0 Å². The molecule has 0 N–H and O–H groups in total. The molecular weight excluding hydrogens is 355 g/mol. The maximum Gasteiger partial charge on any atom is 0.435 e. The first-order chi connectivity index (χ1) is 13.0. The molecular formula is C20H14F3N3O. The summed E-state index contributed by atoms with van der Waals surface area (Å²) in [5.74, 6) is 0.688. The minimum atomic E-state index is -4.58. The minimum Gasteiger partial charge on any atom is -0.497 e. The van der Waals surface area contributed by atoms with Crippen molar-refractivity contribution in [3.8, 4) is 28.1 Å². The molecule has 2 heterocycles. The van der Waals surface area contributed by atoms with E-state index in [1.807, 2.05) is 0 Å². The summed E-state index contributed by atoms with van der Waals surface area (Å²) in [7, 11) is 1.57. The Kier molecular flexibility index (Phi) is 4.07. The van der Waals surface area contributed by atoms with Crippen LogP contribution >= 0.6 is 0 Å². The number of halogens is 3. The van der Waals surface area contributed by atoms with E-state index in [1.54, 1.807) is 67.8 Å². The highest BCUT2D eigenvalue weighted by molar-refractivity contribution is 5.81. The van der Waals surface area contributed by atoms with Crippen molar-refractivity contribution >= 4 is 5.65 Å². The summed E-state index contributed by atoms with van der Waals surface area (Å²) < 4.78 is 47.0. The average Bonchev–Trinajstić information content (AvgIpc) is 3.08. The number of alkyl halides is 3. The third-order valence-corrected chi connectivity index (χ3v) is 4.20. The Morgan fingerprint density at radius 3 is 2.22 bits per heavy atom.